The third-order valence-electron chi connectivity index (χ3n) is 8.55. The van der Waals surface area contributed by atoms with E-state index in [4.69, 9.17) is 32.7 Å². The number of hydrogen-bond acceptors (Lipinski definition) is 6. The van der Waals surface area contributed by atoms with Crippen LogP contribution in [0.2, 0.25) is 10.0 Å². The van der Waals surface area contributed by atoms with Crippen LogP contribution in [0, 0.1) is 0 Å². The van der Waals surface area contributed by atoms with Crippen molar-refractivity contribution < 1.29 is 14.3 Å². The van der Waals surface area contributed by atoms with E-state index in [9.17, 15) is 9.59 Å². The van der Waals surface area contributed by atoms with E-state index in [1.807, 2.05) is 71.0 Å². The van der Waals surface area contributed by atoms with Crippen LogP contribution in [-0.4, -0.2) is 71.4 Å². The highest BCUT2D eigenvalue weighted by Crippen LogP contribution is 2.33. The molecule has 10 heteroatoms. The van der Waals surface area contributed by atoms with Crippen molar-refractivity contribution in [3.05, 3.63) is 68.9 Å². The first-order valence-electron chi connectivity index (χ1n) is 15.6. The molecule has 0 aliphatic carbocycles. The average molecular weight is 646 g/mol. The van der Waals surface area contributed by atoms with Gasteiger partial charge in [-0.1, -0.05) is 36.2 Å². The first-order valence-corrected chi connectivity index (χ1v) is 16.4. The number of aromatic nitrogens is 1. The van der Waals surface area contributed by atoms with Gasteiger partial charge in [-0.25, -0.2) is 4.79 Å². The number of anilines is 1. The number of carbonyl (C=O) groups is 1. The number of nitrogens with zero attached hydrogens (tertiary/aromatic N) is 4. The highest BCUT2D eigenvalue weighted by Gasteiger charge is 2.34. The summed E-state index contributed by atoms with van der Waals surface area (Å²) < 4.78 is 13.5. The van der Waals surface area contributed by atoms with E-state index in [0.717, 1.165) is 63.1 Å². The number of rotatable bonds is 12. The van der Waals surface area contributed by atoms with E-state index < -0.39 is 12.3 Å². The number of ether oxygens (including phenoxy) is 2. The zero-order chi connectivity index (χ0) is 32.0. The molecule has 240 valence electrons. The average Bonchev–Trinajstić information content (AvgIpc) is 2.98. The molecule has 1 aromatic heterocycles. The Morgan fingerprint density at radius 2 is 1.70 bits per heavy atom. The number of carbonyl (C=O) groups excluding carboxylic acids is 1. The van der Waals surface area contributed by atoms with Crippen LogP contribution in [0.15, 0.2) is 53.3 Å². The van der Waals surface area contributed by atoms with Gasteiger partial charge in [0.05, 0.1) is 27.9 Å². The van der Waals surface area contributed by atoms with Crippen LogP contribution < -0.4 is 15.2 Å². The maximum Gasteiger partial charge on any atom is 0.412 e. The van der Waals surface area contributed by atoms with E-state index >= 15 is 0 Å². The molecule has 1 saturated heterocycles. The summed E-state index contributed by atoms with van der Waals surface area (Å²) in [6, 6.07) is 14.7. The molecular weight excluding hydrogens is 599 g/mol. The molecule has 0 N–H and O–H groups in total. The van der Waals surface area contributed by atoms with E-state index in [2.05, 4.69) is 9.80 Å². The number of fused-ring (bicyclic) bond motifs is 1. The Balaban J connectivity index is 1.32. The fraction of sp³-hybridized carbons (Fsp3) is 0.529. The third-order valence-corrected chi connectivity index (χ3v) is 9.36. The molecule has 1 fully saturated rings. The molecule has 8 nitrogen and oxygen atoms in total. The van der Waals surface area contributed by atoms with E-state index in [1.165, 1.54) is 10.6 Å². The Bertz CT molecular complexity index is 1480. The number of amides is 1. The first kappa shape index (κ1) is 33.9. The standard InChI is InChI=1S/C34H46Cl2N4O4/c1-7-34(5,6)40(24(2)3)33(42)44-25(4)39-30-23-27(15-13-26(30)14-16-31(39)41)43-22-9-8-17-37-18-20-38(21-19-37)29-12-10-11-28(35)32(29)36/h10-16,23-25H,7-9,17-22H2,1-6H3. The van der Waals surface area contributed by atoms with Crippen molar-refractivity contribution in [2.45, 2.75) is 78.6 Å². The van der Waals surface area contributed by atoms with Crippen molar-refractivity contribution in [2.75, 3.05) is 44.2 Å². The van der Waals surface area contributed by atoms with Crippen molar-refractivity contribution in [1.29, 1.82) is 0 Å². The largest absolute Gasteiger partial charge is 0.494 e. The summed E-state index contributed by atoms with van der Waals surface area (Å²) in [6.07, 6.45) is 1.47. The number of unbranched alkanes of at least 4 members (excludes halogenated alkanes) is 1. The van der Waals surface area contributed by atoms with Gasteiger partial charge >= 0.3 is 6.09 Å². The number of halogens is 2. The van der Waals surface area contributed by atoms with Crippen molar-refractivity contribution in [2.24, 2.45) is 0 Å². The second-order valence-corrected chi connectivity index (χ2v) is 13.1. The lowest BCUT2D eigenvalue weighted by Gasteiger charge is -2.40. The van der Waals surface area contributed by atoms with E-state index in [1.54, 1.807) is 17.9 Å². The van der Waals surface area contributed by atoms with Gasteiger partial charge < -0.3 is 19.3 Å². The molecule has 44 heavy (non-hydrogen) atoms. The zero-order valence-electron chi connectivity index (χ0n) is 26.8. The second-order valence-electron chi connectivity index (χ2n) is 12.3. The molecule has 0 bridgehead atoms. The Morgan fingerprint density at radius 1 is 1.00 bits per heavy atom. The third kappa shape index (κ3) is 8.01. The fourth-order valence-electron chi connectivity index (χ4n) is 5.86. The van der Waals surface area contributed by atoms with Gasteiger partial charge in [-0.15, -0.1) is 0 Å². The van der Waals surface area contributed by atoms with Crippen molar-refractivity contribution >= 4 is 45.9 Å². The van der Waals surface area contributed by atoms with Crippen LogP contribution >= 0.6 is 23.2 Å². The Kier molecular flexibility index (Phi) is 11.5. The summed E-state index contributed by atoms with van der Waals surface area (Å²) in [5.74, 6) is 0.679. The summed E-state index contributed by atoms with van der Waals surface area (Å²) in [5.41, 5.74) is 1.05. The van der Waals surface area contributed by atoms with Crippen molar-refractivity contribution in [3.63, 3.8) is 0 Å². The molecule has 2 heterocycles. The lowest BCUT2D eigenvalue weighted by molar-refractivity contribution is 0.00282. The minimum Gasteiger partial charge on any atom is -0.494 e. The SMILES string of the molecule is CCC(C)(C)N(C(=O)OC(C)n1c(=O)ccc2ccc(OCCCCN3CCN(c4cccc(Cl)c4Cl)CC3)cc21)C(C)C. The summed E-state index contributed by atoms with van der Waals surface area (Å²) in [7, 11) is 0. The highest BCUT2D eigenvalue weighted by atomic mass is 35.5. The van der Waals surface area contributed by atoms with Gasteiger partial charge in [0, 0.05) is 49.9 Å². The summed E-state index contributed by atoms with van der Waals surface area (Å²) in [4.78, 5) is 32.8. The molecule has 0 radical (unpaired) electrons. The van der Waals surface area contributed by atoms with Gasteiger partial charge in [-0.05, 0) is 96.1 Å². The van der Waals surface area contributed by atoms with Crippen molar-refractivity contribution in [3.8, 4) is 5.75 Å². The summed E-state index contributed by atoms with van der Waals surface area (Å²) in [6.45, 7) is 17.1. The Morgan fingerprint density at radius 3 is 2.39 bits per heavy atom. The topological polar surface area (TPSA) is 67.2 Å². The smallest absolute Gasteiger partial charge is 0.412 e. The van der Waals surface area contributed by atoms with Gasteiger partial charge in [-0.2, -0.15) is 0 Å². The fourth-order valence-corrected chi connectivity index (χ4v) is 6.27. The van der Waals surface area contributed by atoms with Crippen LogP contribution in [0.25, 0.3) is 10.9 Å². The molecule has 4 rings (SSSR count). The number of piperazine rings is 1. The monoisotopic (exact) mass is 644 g/mol. The highest BCUT2D eigenvalue weighted by molar-refractivity contribution is 6.43. The predicted molar refractivity (Wildman–Crippen MR) is 181 cm³/mol. The minimum absolute atomic E-state index is 0.0495. The van der Waals surface area contributed by atoms with Crippen LogP contribution in [0.3, 0.4) is 0 Å². The summed E-state index contributed by atoms with van der Waals surface area (Å²) in [5, 5.41) is 2.08. The predicted octanol–water partition coefficient (Wildman–Crippen LogP) is 7.84. The molecule has 1 aliphatic rings. The maximum absolute atomic E-state index is 13.3. The molecule has 0 saturated carbocycles. The molecule has 1 aliphatic heterocycles. The van der Waals surface area contributed by atoms with Crippen molar-refractivity contribution in [1.82, 2.24) is 14.4 Å². The number of pyridine rings is 1. The Labute approximate surface area is 271 Å². The molecule has 3 aromatic rings. The first-order chi connectivity index (χ1) is 20.9. The quantitative estimate of drug-likeness (QED) is 0.187. The number of benzene rings is 2. The van der Waals surface area contributed by atoms with Gasteiger partial charge in [0.25, 0.3) is 5.56 Å². The lowest BCUT2D eigenvalue weighted by Crippen LogP contribution is -2.51. The molecule has 2 aromatic carbocycles. The molecule has 1 unspecified atom stereocenters. The van der Waals surface area contributed by atoms with E-state index in [0.29, 0.717) is 27.9 Å². The number of hydrogen-bond donors (Lipinski definition) is 0. The molecule has 1 atom stereocenters. The molecule has 0 spiro atoms. The van der Waals surface area contributed by atoms with Gasteiger partial charge in [0.1, 0.15) is 5.75 Å². The molecule has 1 amide bonds. The second kappa shape index (κ2) is 14.9. The lowest BCUT2D eigenvalue weighted by atomic mass is 9.98. The van der Waals surface area contributed by atoms with Crippen LogP contribution in [0.4, 0.5) is 10.5 Å². The van der Waals surface area contributed by atoms with Gasteiger partial charge in [0.15, 0.2) is 6.23 Å². The zero-order valence-corrected chi connectivity index (χ0v) is 28.3. The summed E-state index contributed by atoms with van der Waals surface area (Å²) >= 11 is 12.6. The normalized spacial score (nSPS) is 15.1. The van der Waals surface area contributed by atoms with E-state index in [-0.39, 0.29) is 17.1 Å². The maximum atomic E-state index is 13.3. The molecular formula is C34H46Cl2N4O4. The van der Waals surface area contributed by atoms with Crippen LogP contribution in [-0.2, 0) is 4.74 Å². The van der Waals surface area contributed by atoms with Crippen LogP contribution in [0.1, 0.15) is 67.0 Å². The van der Waals surface area contributed by atoms with Crippen LogP contribution in [0.5, 0.6) is 5.75 Å². The van der Waals surface area contributed by atoms with Gasteiger partial charge in [-0.3, -0.25) is 14.3 Å². The Hall–Kier alpha value is -2.94. The minimum atomic E-state index is -0.793. The van der Waals surface area contributed by atoms with Gasteiger partial charge in [0.2, 0.25) is 0 Å².